The molecule has 0 N–H and O–H groups in total. The number of para-hydroxylation sites is 2. The predicted molar refractivity (Wildman–Crippen MR) is 186 cm³/mol. The van der Waals surface area contributed by atoms with E-state index in [-0.39, 0.29) is 35.9 Å². The summed E-state index contributed by atoms with van der Waals surface area (Å²) in [7, 11) is 6.36. The van der Waals surface area contributed by atoms with Crippen molar-refractivity contribution in [3.63, 3.8) is 0 Å². The minimum Gasteiger partial charge on any atom is -0.493 e. The molecule has 10 nitrogen and oxygen atoms in total. The molecule has 3 aromatic carbocycles. The zero-order valence-electron chi connectivity index (χ0n) is 28.2. The number of rotatable bonds is 14. The summed E-state index contributed by atoms with van der Waals surface area (Å²) in [5, 5.41) is 0.645. The number of likely N-dealkylation sites (N-methyl/N-ethyl adjacent to an activating group) is 1. The maximum atomic E-state index is 13.7. The van der Waals surface area contributed by atoms with E-state index in [9.17, 15) is 14.4 Å². The summed E-state index contributed by atoms with van der Waals surface area (Å²) in [6, 6.07) is 18.7. The molecule has 48 heavy (non-hydrogen) atoms. The first-order chi connectivity index (χ1) is 23.1. The number of Topliss-reactive ketones (excluding diaryl/α,β-unsaturated/α-hetero) is 2. The average molecular weight is 675 g/mol. The maximum Gasteiger partial charge on any atom is 0.253 e. The van der Waals surface area contributed by atoms with Gasteiger partial charge in [-0.2, -0.15) is 0 Å². The molecule has 2 heterocycles. The SMILES string of the molecule is COc1cc(C(=O)N(C)CC(CCN2CCC(C(=O)c3nc4ccccc4n3CC(C)=O)CC2)c2cccc(Cl)c2)cc(OC)c1OC. The van der Waals surface area contributed by atoms with Gasteiger partial charge in [0.15, 0.2) is 17.3 Å². The van der Waals surface area contributed by atoms with Crippen LogP contribution < -0.4 is 14.2 Å². The van der Waals surface area contributed by atoms with Gasteiger partial charge in [-0.15, -0.1) is 0 Å². The Morgan fingerprint density at radius 1 is 0.958 bits per heavy atom. The Hall–Kier alpha value is -4.41. The lowest BCUT2D eigenvalue weighted by Crippen LogP contribution is -2.39. The third-order valence-electron chi connectivity index (χ3n) is 9.08. The number of nitrogens with zero attached hydrogens (tertiary/aromatic N) is 4. The van der Waals surface area contributed by atoms with Gasteiger partial charge >= 0.3 is 0 Å². The summed E-state index contributed by atoms with van der Waals surface area (Å²) in [4.78, 5) is 48.1. The number of benzene rings is 3. The minimum atomic E-state index is -0.170. The third kappa shape index (κ3) is 7.82. The summed E-state index contributed by atoms with van der Waals surface area (Å²) in [6.45, 7) is 4.46. The topological polar surface area (TPSA) is 103 Å². The molecule has 0 aliphatic carbocycles. The molecule has 1 amide bonds. The van der Waals surface area contributed by atoms with Crippen molar-refractivity contribution in [3.8, 4) is 17.2 Å². The average Bonchev–Trinajstić information content (AvgIpc) is 3.46. The van der Waals surface area contributed by atoms with E-state index in [1.54, 1.807) is 28.6 Å². The van der Waals surface area contributed by atoms with Crippen LogP contribution in [0.3, 0.4) is 0 Å². The van der Waals surface area contributed by atoms with Crippen molar-refractivity contribution in [1.82, 2.24) is 19.4 Å². The third-order valence-corrected chi connectivity index (χ3v) is 9.32. The quantitative estimate of drug-likeness (QED) is 0.147. The fourth-order valence-corrected chi connectivity index (χ4v) is 6.75. The van der Waals surface area contributed by atoms with Gasteiger partial charge in [0.1, 0.15) is 5.78 Å². The van der Waals surface area contributed by atoms with E-state index in [4.69, 9.17) is 25.8 Å². The summed E-state index contributed by atoms with van der Waals surface area (Å²) < 4.78 is 18.1. The molecule has 0 radical (unpaired) electrons. The van der Waals surface area contributed by atoms with Crippen LogP contribution in [0.5, 0.6) is 17.2 Å². The van der Waals surface area contributed by atoms with Gasteiger partial charge in [-0.3, -0.25) is 14.4 Å². The van der Waals surface area contributed by atoms with Crippen molar-refractivity contribution in [2.75, 3.05) is 54.6 Å². The predicted octanol–water partition coefficient (Wildman–Crippen LogP) is 6.15. The lowest BCUT2D eigenvalue weighted by molar-refractivity contribution is -0.117. The van der Waals surface area contributed by atoms with Crippen molar-refractivity contribution in [2.45, 2.75) is 38.6 Å². The number of carbonyl (C=O) groups is 3. The first-order valence-electron chi connectivity index (χ1n) is 16.2. The van der Waals surface area contributed by atoms with Gasteiger partial charge in [0.2, 0.25) is 11.5 Å². The number of hydrogen-bond donors (Lipinski definition) is 0. The first-order valence-corrected chi connectivity index (χ1v) is 16.5. The van der Waals surface area contributed by atoms with E-state index in [0.717, 1.165) is 42.7 Å². The molecule has 5 rings (SSSR count). The zero-order chi connectivity index (χ0) is 34.4. The number of ether oxygens (including phenoxy) is 3. The van der Waals surface area contributed by atoms with Crippen LogP contribution in [0.2, 0.25) is 5.02 Å². The Labute approximate surface area is 286 Å². The molecule has 254 valence electrons. The summed E-state index contributed by atoms with van der Waals surface area (Å²) >= 11 is 6.40. The van der Waals surface area contributed by atoms with Crippen molar-refractivity contribution in [1.29, 1.82) is 0 Å². The van der Waals surface area contributed by atoms with E-state index in [1.165, 1.54) is 28.3 Å². The van der Waals surface area contributed by atoms with Crippen LogP contribution in [0.25, 0.3) is 11.0 Å². The van der Waals surface area contributed by atoms with Gasteiger partial charge in [0.25, 0.3) is 5.91 Å². The van der Waals surface area contributed by atoms with Crippen LogP contribution in [0.1, 0.15) is 58.6 Å². The smallest absolute Gasteiger partial charge is 0.253 e. The summed E-state index contributed by atoms with van der Waals surface area (Å²) in [6.07, 6.45) is 2.22. The van der Waals surface area contributed by atoms with Gasteiger partial charge in [0.05, 0.1) is 38.9 Å². The van der Waals surface area contributed by atoms with Crippen molar-refractivity contribution >= 4 is 40.1 Å². The van der Waals surface area contributed by atoms with Gasteiger partial charge in [-0.25, -0.2) is 4.98 Å². The minimum absolute atomic E-state index is 0.00386. The maximum absolute atomic E-state index is 13.7. The summed E-state index contributed by atoms with van der Waals surface area (Å²) in [5.41, 5.74) is 3.01. The fourth-order valence-electron chi connectivity index (χ4n) is 6.55. The van der Waals surface area contributed by atoms with Crippen molar-refractivity contribution in [3.05, 3.63) is 82.6 Å². The number of amides is 1. The van der Waals surface area contributed by atoms with Gasteiger partial charge < -0.3 is 28.6 Å². The molecule has 1 atom stereocenters. The number of imidazole rings is 1. The van der Waals surface area contributed by atoms with E-state index < -0.39 is 0 Å². The number of ketones is 2. The number of likely N-dealkylation sites (tertiary alicyclic amines) is 1. The molecule has 11 heteroatoms. The van der Waals surface area contributed by atoms with Crippen LogP contribution in [0.15, 0.2) is 60.7 Å². The first kappa shape index (κ1) is 34.9. The zero-order valence-corrected chi connectivity index (χ0v) is 29.0. The van der Waals surface area contributed by atoms with Crippen molar-refractivity contribution < 1.29 is 28.6 Å². The van der Waals surface area contributed by atoms with Crippen LogP contribution in [0.4, 0.5) is 0 Å². The Balaban J connectivity index is 1.25. The molecule has 4 aromatic rings. The van der Waals surface area contributed by atoms with E-state index in [2.05, 4.69) is 9.88 Å². The monoisotopic (exact) mass is 674 g/mol. The summed E-state index contributed by atoms with van der Waals surface area (Å²) in [5.74, 6) is 1.29. The molecule has 1 fully saturated rings. The highest BCUT2D eigenvalue weighted by Crippen LogP contribution is 2.38. The van der Waals surface area contributed by atoms with Crippen LogP contribution in [-0.4, -0.2) is 91.4 Å². The Morgan fingerprint density at radius 2 is 1.65 bits per heavy atom. The van der Waals surface area contributed by atoms with E-state index >= 15 is 0 Å². The highest BCUT2D eigenvalue weighted by atomic mass is 35.5. The lowest BCUT2D eigenvalue weighted by atomic mass is 9.90. The Bertz CT molecular complexity index is 1760. The number of carbonyl (C=O) groups excluding carboxylic acids is 3. The molecule has 1 aromatic heterocycles. The number of hydrogen-bond acceptors (Lipinski definition) is 8. The largest absolute Gasteiger partial charge is 0.493 e. The molecular formula is C37H43ClN4O6. The molecule has 0 saturated carbocycles. The highest BCUT2D eigenvalue weighted by molar-refractivity contribution is 6.30. The second kappa shape index (κ2) is 15.7. The van der Waals surface area contributed by atoms with Gasteiger partial charge in [-0.1, -0.05) is 35.9 Å². The molecule has 0 bridgehead atoms. The molecule has 1 aliphatic rings. The van der Waals surface area contributed by atoms with Gasteiger partial charge in [0, 0.05) is 36.0 Å². The number of fused-ring (bicyclic) bond motifs is 1. The molecule has 1 aliphatic heterocycles. The Morgan fingerprint density at radius 3 is 2.27 bits per heavy atom. The highest BCUT2D eigenvalue weighted by Gasteiger charge is 2.30. The van der Waals surface area contributed by atoms with Gasteiger partial charge in [-0.05, 0) is 87.8 Å². The Kier molecular flexibility index (Phi) is 11.4. The standard InChI is InChI=1S/C37H43ClN4O6/c1-24(43)22-42-31-12-7-6-11-30(31)39-36(42)34(44)25-13-16-41(17-14-25)18-15-27(26-9-8-10-29(38)19-26)23-40(2)37(45)28-20-32(46-3)35(48-5)33(21-28)47-4/h6-12,19-21,25,27H,13-18,22-23H2,1-5H3. The van der Waals surface area contributed by atoms with Crippen LogP contribution >= 0.6 is 11.6 Å². The van der Waals surface area contributed by atoms with Crippen LogP contribution in [0, 0.1) is 5.92 Å². The van der Waals surface area contributed by atoms with E-state index in [1.807, 2.05) is 48.5 Å². The van der Waals surface area contributed by atoms with E-state index in [0.29, 0.717) is 53.0 Å². The molecule has 1 unspecified atom stereocenters. The number of piperidine rings is 1. The second-order valence-electron chi connectivity index (χ2n) is 12.3. The van der Waals surface area contributed by atoms with Crippen molar-refractivity contribution in [2.24, 2.45) is 5.92 Å². The lowest BCUT2D eigenvalue weighted by Gasteiger charge is -2.33. The second-order valence-corrected chi connectivity index (χ2v) is 12.8. The molecule has 1 saturated heterocycles. The number of halogens is 1. The van der Waals surface area contributed by atoms with Crippen LogP contribution in [-0.2, 0) is 11.3 Å². The normalized spacial score (nSPS) is 14.5. The number of aromatic nitrogens is 2. The molecule has 0 spiro atoms. The fraction of sp³-hybridized carbons (Fsp3) is 0.405. The molecular weight excluding hydrogens is 632 g/mol. The number of methoxy groups -OCH3 is 3.